The smallest absolute Gasteiger partial charge is 0.309 e. The van der Waals surface area contributed by atoms with Gasteiger partial charge in [0, 0.05) is 43.8 Å². The number of para-hydroxylation sites is 2. The average Bonchev–Trinajstić information content (AvgIpc) is 3.93. The van der Waals surface area contributed by atoms with Crippen molar-refractivity contribution in [1.82, 2.24) is 9.13 Å². The Morgan fingerprint density at radius 2 is 0.931 bits per heavy atom. The number of alkyl halides is 3. The molecule has 0 spiro atoms. The summed E-state index contributed by atoms with van der Waals surface area (Å²) in [4.78, 5) is 7.18. The van der Waals surface area contributed by atoms with Crippen LogP contribution in [0.3, 0.4) is 0 Å². The van der Waals surface area contributed by atoms with Gasteiger partial charge in [0.1, 0.15) is 0 Å². The van der Waals surface area contributed by atoms with Gasteiger partial charge in [-0.05, 0) is 143 Å². The topological polar surface area (TPSA) is 114 Å². The minimum absolute atomic E-state index is 0.145. The molecule has 0 fully saturated rings. The highest BCUT2D eigenvalue weighted by atomic mass is 19.4. The molecule has 0 saturated carbocycles. The SMILES string of the molecule is [C-]#[N+]c1cc(C#N)cc(-c2ccc3c(c2)c2ccccc2n3-c2ccc(-c3ccc(C#N)cc3C(F)(F)F)cc2-c2c(C#N)cccc2-n2c3ccccc3c3cc(-c4cc(C#N)cc([N+]#[C-])c4)ccc32)c1. The summed E-state index contributed by atoms with van der Waals surface area (Å²) in [5.41, 5.74) is 8.48. The number of rotatable bonds is 6. The molecule has 9 aromatic carbocycles. The predicted molar refractivity (Wildman–Crippen MR) is 273 cm³/mol. The molecule has 0 N–H and O–H groups in total. The maximum Gasteiger partial charge on any atom is 0.417 e. The van der Waals surface area contributed by atoms with Gasteiger partial charge in [-0.3, -0.25) is 0 Å². The van der Waals surface area contributed by atoms with E-state index in [4.69, 9.17) is 13.1 Å². The van der Waals surface area contributed by atoms with Gasteiger partial charge in [-0.1, -0.05) is 66.7 Å². The zero-order valence-electron chi connectivity index (χ0n) is 37.5. The molecule has 72 heavy (non-hydrogen) atoms. The Hall–Kier alpha value is -10.7. The van der Waals surface area contributed by atoms with Gasteiger partial charge in [0.2, 0.25) is 0 Å². The van der Waals surface area contributed by atoms with Crippen molar-refractivity contribution in [3.63, 3.8) is 0 Å². The Morgan fingerprint density at radius 1 is 0.403 bits per heavy atom. The first-order valence-corrected chi connectivity index (χ1v) is 22.3. The first-order chi connectivity index (χ1) is 35.0. The van der Waals surface area contributed by atoms with Crippen LogP contribution in [0.5, 0.6) is 0 Å². The van der Waals surface area contributed by atoms with Crippen molar-refractivity contribution in [2.24, 2.45) is 0 Å². The third-order valence-corrected chi connectivity index (χ3v) is 13.0. The lowest BCUT2D eigenvalue weighted by Gasteiger charge is -2.21. The summed E-state index contributed by atoms with van der Waals surface area (Å²) in [6.45, 7) is 15.3. The van der Waals surface area contributed by atoms with Crippen molar-refractivity contribution in [2.75, 3.05) is 0 Å². The minimum Gasteiger partial charge on any atom is -0.309 e. The van der Waals surface area contributed by atoms with Gasteiger partial charge in [-0.15, -0.1) is 0 Å². The van der Waals surface area contributed by atoms with Crippen molar-refractivity contribution in [2.45, 2.75) is 6.18 Å². The molecule has 334 valence electrons. The summed E-state index contributed by atoms with van der Waals surface area (Å²) in [7, 11) is 0. The van der Waals surface area contributed by atoms with Crippen LogP contribution in [0.1, 0.15) is 27.8 Å². The summed E-state index contributed by atoms with van der Waals surface area (Å²) in [6.07, 6.45) is -4.82. The molecule has 0 atom stereocenters. The fourth-order valence-corrected chi connectivity index (χ4v) is 9.94. The van der Waals surface area contributed by atoms with Crippen LogP contribution in [0.4, 0.5) is 24.5 Å². The van der Waals surface area contributed by atoms with Crippen LogP contribution >= 0.6 is 0 Å². The van der Waals surface area contributed by atoms with Crippen LogP contribution in [0.2, 0.25) is 0 Å². The first kappa shape index (κ1) is 43.9. The highest BCUT2D eigenvalue weighted by molar-refractivity contribution is 6.13. The van der Waals surface area contributed by atoms with Gasteiger partial charge >= 0.3 is 6.18 Å². The molecule has 0 aliphatic carbocycles. The average molecular weight is 931 g/mol. The Morgan fingerprint density at radius 3 is 1.46 bits per heavy atom. The van der Waals surface area contributed by atoms with Crippen molar-refractivity contribution < 1.29 is 13.2 Å². The molecule has 8 nitrogen and oxygen atoms in total. The van der Waals surface area contributed by atoms with Gasteiger partial charge in [-0.25, -0.2) is 9.69 Å². The van der Waals surface area contributed by atoms with Crippen LogP contribution in [0.25, 0.3) is 109 Å². The molecule has 0 aliphatic heterocycles. The van der Waals surface area contributed by atoms with Gasteiger partial charge in [-0.2, -0.15) is 34.2 Å². The summed E-state index contributed by atoms with van der Waals surface area (Å²) in [6, 6.07) is 59.8. The molecule has 2 aromatic heterocycles. The number of halogens is 3. The van der Waals surface area contributed by atoms with Crippen LogP contribution < -0.4 is 0 Å². The minimum atomic E-state index is -4.82. The van der Waals surface area contributed by atoms with Crippen molar-refractivity contribution in [1.29, 1.82) is 21.0 Å². The molecular weight excluding hydrogens is 902 g/mol. The summed E-state index contributed by atoms with van der Waals surface area (Å²) >= 11 is 0. The lowest BCUT2D eigenvalue weighted by molar-refractivity contribution is -0.137. The number of benzene rings is 9. The zero-order chi connectivity index (χ0) is 49.8. The second kappa shape index (κ2) is 17.1. The highest BCUT2D eigenvalue weighted by Crippen LogP contribution is 2.46. The van der Waals surface area contributed by atoms with Gasteiger partial charge in [0.15, 0.2) is 11.4 Å². The number of hydrogen-bond donors (Lipinski definition) is 0. The van der Waals surface area contributed by atoms with E-state index >= 15 is 13.2 Å². The molecule has 0 radical (unpaired) electrons. The molecule has 0 amide bonds. The Labute approximate surface area is 409 Å². The maximum atomic E-state index is 15.0. The summed E-state index contributed by atoms with van der Waals surface area (Å²) in [5.74, 6) is 0. The van der Waals surface area contributed by atoms with Gasteiger partial charge < -0.3 is 9.13 Å². The van der Waals surface area contributed by atoms with Crippen LogP contribution in [-0.2, 0) is 6.18 Å². The van der Waals surface area contributed by atoms with Crippen LogP contribution in [-0.4, -0.2) is 9.13 Å². The molecule has 0 aliphatic rings. The van der Waals surface area contributed by atoms with E-state index in [-0.39, 0.29) is 22.3 Å². The highest BCUT2D eigenvalue weighted by Gasteiger charge is 2.35. The third-order valence-electron chi connectivity index (χ3n) is 13.0. The largest absolute Gasteiger partial charge is 0.417 e. The second-order valence-electron chi connectivity index (χ2n) is 17.1. The van der Waals surface area contributed by atoms with E-state index in [2.05, 4.69) is 27.9 Å². The number of fused-ring (bicyclic) bond motifs is 6. The number of nitrogens with zero attached hydrogens (tertiary/aromatic N) is 8. The van der Waals surface area contributed by atoms with E-state index < -0.39 is 11.7 Å². The van der Waals surface area contributed by atoms with E-state index in [1.807, 2.05) is 106 Å². The molecule has 11 heteroatoms. The van der Waals surface area contributed by atoms with Crippen LogP contribution in [0, 0.1) is 58.5 Å². The summed E-state index contributed by atoms with van der Waals surface area (Å²) in [5, 5.41) is 43.8. The van der Waals surface area contributed by atoms with Crippen LogP contribution in [0.15, 0.2) is 176 Å². The zero-order valence-corrected chi connectivity index (χ0v) is 37.5. The number of nitriles is 4. The standard InChI is InChI=1S/C61H29F3N8/c1-69-45-24-37(33-66)22-43(27-45)39-15-19-56-50(29-39)48-9-3-5-11-54(48)71(56)58-21-17-41(47-18-14-36(32-65)26-53(47)61(62,63)64)31-52(58)60-42(35-68)8-7-13-59(60)72-55-12-6-4-10-49(55)51-30-40(16-20-57(51)72)44-23-38(34-67)25-46(28-44)70-2/h3-31H. The lowest BCUT2D eigenvalue weighted by Crippen LogP contribution is -2.08. The second-order valence-corrected chi connectivity index (χ2v) is 17.1. The van der Waals surface area contributed by atoms with Crippen molar-refractivity contribution in [3.8, 4) is 80.2 Å². The molecule has 0 bridgehead atoms. The number of hydrogen-bond acceptors (Lipinski definition) is 4. The van der Waals surface area contributed by atoms with E-state index in [9.17, 15) is 21.0 Å². The quantitative estimate of drug-likeness (QED) is 0.154. The van der Waals surface area contributed by atoms with E-state index in [0.29, 0.717) is 56.1 Å². The molecule has 11 rings (SSSR count). The van der Waals surface area contributed by atoms with E-state index in [0.717, 1.165) is 60.8 Å². The normalized spacial score (nSPS) is 11.2. The van der Waals surface area contributed by atoms with E-state index in [1.165, 1.54) is 18.2 Å². The third kappa shape index (κ3) is 7.20. The van der Waals surface area contributed by atoms with Gasteiger partial charge in [0.25, 0.3) is 0 Å². The van der Waals surface area contributed by atoms with Crippen molar-refractivity contribution >= 4 is 55.0 Å². The summed E-state index contributed by atoms with van der Waals surface area (Å²) < 4.78 is 49.2. The fraction of sp³-hybridized carbons (Fsp3) is 0.0164. The fourth-order valence-electron chi connectivity index (χ4n) is 9.94. The molecule has 0 saturated heterocycles. The predicted octanol–water partition coefficient (Wildman–Crippen LogP) is 16.2. The Kier molecular flexibility index (Phi) is 10.4. The Bertz CT molecular complexity index is 4350. The molecule has 0 unspecified atom stereocenters. The first-order valence-electron chi connectivity index (χ1n) is 22.3. The molecule has 11 aromatic rings. The van der Waals surface area contributed by atoms with E-state index in [1.54, 1.807) is 60.7 Å². The monoisotopic (exact) mass is 930 g/mol. The molecular formula is C61H29F3N8. The van der Waals surface area contributed by atoms with Gasteiger partial charge in [0.05, 0.1) is 87.6 Å². The Balaban J connectivity index is 1.22. The number of aromatic nitrogens is 2. The maximum absolute atomic E-state index is 15.0. The van der Waals surface area contributed by atoms with Crippen molar-refractivity contribution in [3.05, 3.63) is 227 Å². The molecule has 2 heterocycles. The lowest BCUT2D eigenvalue weighted by atomic mass is 9.90.